The van der Waals surface area contributed by atoms with E-state index in [4.69, 9.17) is 0 Å². The molecule has 1 saturated heterocycles. The van der Waals surface area contributed by atoms with Crippen molar-refractivity contribution in [1.82, 2.24) is 10.2 Å². The summed E-state index contributed by atoms with van der Waals surface area (Å²) in [5, 5.41) is 2.72. The molecule has 4 atom stereocenters. The van der Waals surface area contributed by atoms with Gasteiger partial charge in [-0.15, -0.1) is 0 Å². The van der Waals surface area contributed by atoms with E-state index in [1.165, 1.54) is 0 Å². The van der Waals surface area contributed by atoms with Gasteiger partial charge in [-0.25, -0.2) is 0 Å². The molecule has 1 fully saturated rings. The van der Waals surface area contributed by atoms with E-state index in [2.05, 4.69) is 5.32 Å². The zero-order valence-corrected chi connectivity index (χ0v) is 12.3. The van der Waals surface area contributed by atoms with Crippen molar-refractivity contribution >= 4 is 22.6 Å². The van der Waals surface area contributed by atoms with Crippen molar-refractivity contribution in [3.8, 4) is 0 Å². The number of amides is 2. The third-order valence-corrected chi connectivity index (χ3v) is 4.79. The molecule has 1 rings (SSSR count). The number of carbonyl (C=O) groups is 2. The Morgan fingerprint density at radius 1 is 1.44 bits per heavy atom. The summed E-state index contributed by atoms with van der Waals surface area (Å²) in [6.07, 6.45) is 2.93. The van der Waals surface area contributed by atoms with Crippen LogP contribution in [-0.4, -0.2) is 51.1 Å². The van der Waals surface area contributed by atoms with Crippen LogP contribution in [0.3, 0.4) is 0 Å². The molecule has 0 radical (unpaired) electrons. The van der Waals surface area contributed by atoms with Crippen LogP contribution in [0.15, 0.2) is 0 Å². The molecule has 0 bridgehead atoms. The Hall–Kier alpha value is -0.910. The van der Waals surface area contributed by atoms with Crippen molar-refractivity contribution in [3.63, 3.8) is 0 Å². The lowest BCUT2D eigenvalue weighted by atomic mass is 10.1. The quantitative estimate of drug-likeness (QED) is 0.782. The Morgan fingerprint density at radius 3 is 2.56 bits per heavy atom. The molecular formula is C12H22N2O3S. The molecule has 0 aliphatic carbocycles. The highest BCUT2D eigenvalue weighted by Gasteiger charge is 2.37. The van der Waals surface area contributed by atoms with Crippen LogP contribution >= 0.6 is 0 Å². The van der Waals surface area contributed by atoms with Gasteiger partial charge in [-0.3, -0.25) is 13.8 Å². The van der Waals surface area contributed by atoms with Gasteiger partial charge < -0.3 is 10.2 Å². The number of nitrogens with zero attached hydrogens (tertiary/aromatic N) is 1. The molecule has 1 heterocycles. The van der Waals surface area contributed by atoms with Gasteiger partial charge in [0, 0.05) is 28.9 Å². The first-order valence-electron chi connectivity index (χ1n) is 6.31. The van der Waals surface area contributed by atoms with Gasteiger partial charge in [0.2, 0.25) is 11.8 Å². The third kappa shape index (κ3) is 3.31. The lowest BCUT2D eigenvalue weighted by Gasteiger charge is -2.37. The number of rotatable bonds is 5. The predicted molar refractivity (Wildman–Crippen MR) is 71.5 cm³/mol. The second kappa shape index (κ2) is 6.31. The first kappa shape index (κ1) is 15.1. The topological polar surface area (TPSA) is 66.5 Å². The maximum atomic E-state index is 12.1. The molecule has 4 unspecified atom stereocenters. The molecule has 1 N–H and O–H groups in total. The first-order chi connectivity index (χ1) is 8.38. The number of carbonyl (C=O) groups excluding carboxylic acids is 2. The second-order valence-electron chi connectivity index (χ2n) is 4.78. The second-order valence-corrected chi connectivity index (χ2v) is 6.59. The van der Waals surface area contributed by atoms with Crippen molar-refractivity contribution in [2.24, 2.45) is 0 Å². The van der Waals surface area contributed by atoms with E-state index in [1.807, 2.05) is 13.8 Å². The summed E-state index contributed by atoms with van der Waals surface area (Å²) < 4.78 is 11.3. The van der Waals surface area contributed by atoms with Crippen molar-refractivity contribution in [2.45, 2.75) is 50.9 Å². The summed E-state index contributed by atoms with van der Waals surface area (Å²) in [6, 6.07) is -0.839. The van der Waals surface area contributed by atoms with E-state index in [1.54, 1.807) is 18.1 Å². The van der Waals surface area contributed by atoms with Crippen LogP contribution in [0.4, 0.5) is 0 Å². The van der Waals surface area contributed by atoms with E-state index < -0.39 is 16.8 Å². The monoisotopic (exact) mass is 274 g/mol. The fourth-order valence-electron chi connectivity index (χ4n) is 2.07. The zero-order valence-electron chi connectivity index (χ0n) is 11.4. The highest BCUT2D eigenvalue weighted by Crippen LogP contribution is 2.14. The lowest BCUT2D eigenvalue weighted by Crippen LogP contribution is -2.62. The number of piperazine rings is 1. The van der Waals surface area contributed by atoms with Gasteiger partial charge in [-0.05, 0) is 19.8 Å². The van der Waals surface area contributed by atoms with Crippen LogP contribution in [0.1, 0.15) is 33.6 Å². The molecule has 2 amide bonds. The molecular weight excluding hydrogens is 252 g/mol. The molecule has 1 aliphatic heterocycles. The van der Waals surface area contributed by atoms with Crippen LogP contribution in [0.2, 0.25) is 0 Å². The molecule has 104 valence electrons. The highest BCUT2D eigenvalue weighted by atomic mass is 32.2. The molecule has 0 aromatic rings. The summed E-state index contributed by atoms with van der Waals surface area (Å²) in [5.74, 6) is -0.134. The van der Waals surface area contributed by atoms with Crippen molar-refractivity contribution in [1.29, 1.82) is 0 Å². The minimum Gasteiger partial charge on any atom is -0.343 e. The van der Waals surface area contributed by atoms with Crippen LogP contribution in [0.5, 0.6) is 0 Å². The average molecular weight is 274 g/mol. The molecule has 6 heteroatoms. The number of hydrogen-bond acceptors (Lipinski definition) is 3. The zero-order chi connectivity index (χ0) is 13.9. The largest absolute Gasteiger partial charge is 0.343 e. The minimum atomic E-state index is -0.895. The summed E-state index contributed by atoms with van der Waals surface area (Å²) in [7, 11) is -0.895. The normalized spacial score (nSPS) is 27.9. The van der Waals surface area contributed by atoms with E-state index in [0.717, 1.165) is 0 Å². The Balaban J connectivity index is 2.71. The van der Waals surface area contributed by atoms with Crippen LogP contribution < -0.4 is 5.32 Å². The van der Waals surface area contributed by atoms with E-state index in [0.29, 0.717) is 19.4 Å². The van der Waals surface area contributed by atoms with Crippen molar-refractivity contribution in [2.75, 3.05) is 12.8 Å². The minimum absolute atomic E-state index is 0.0376. The van der Waals surface area contributed by atoms with Crippen LogP contribution in [0.25, 0.3) is 0 Å². The number of nitrogens with one attached hydrogen (secondary N) is 1. The molecule has 0 saturated carbocycles. The Labute approximate surface area is 111 Å². The Morgan fingerprint density at radius 2 is 2.06 bits per heavy atom. The lowest BCUT2D eigenvalue weighted by molar-refractivity contribution is -0.149. The van der Waals surface area contributed by atoms with Gasteiger partial charge in [-0.1, -0.05) is 13.8 Å². The van der Waals surface area contributed by atoms with Crippen molar-refractivity contribution in [3.05, 3.63) is 0 Å². The summed E-state index contributed by atoms with van der Waals surface area (Å²) in [5.41, 5.74) is 0. The van der Waals surface area contributed by atoms with Gasteiger partial charge in [0.05, 0.1) is 0 Å². The molecule has 5 nitrogen and oxygen atoms in total. The molecule has 0 aromatic heterocycles. The maximum Gasteiger partial charge on any atom is 0.245 e. The molecule has 0 spiro atoms. The van der Waals surface area contributed by atoms with E-state index in [-0.39, 0.29) is 23.1 Å². The molecule has 18 heavy (non-hydrogen) atoms. The van der Waals surface area contributed by atoms with E-state index >= 15 is 0 Å². The molecule has 1 aliphatic rings. The Kier molecular flexibility index (Phi) is 5.31. The van der Waals surface area contributed by atoms with Crippen molar-refractivity contribution < 1.29 is 13.8 Å². The summed E-state index contributed by atoms with van der Waals surface area (Å²) in [4.78, 5) is 25.5. The van der Waals surface area contributed by atoms with Gasteiger partial charge in [0.1, 0.15) is 12.1 Å². The fourth-order valence-corrected chi connectivity index (χ4v) is 2.51. The predicted octanol–water partition coefficient (Wildman–Crippen LogP) is 0.269. The van der Waals surface area contributed by atoms with Gasteiger partial charge in [0.25, 0.3) is 0 Å². The summed E-state index contributed by atoms with van der Waals surface area (Å²) >= 11 is 0. The van der Waals surface area contributed by atoms with E-state index in [9.17, 15) is 13.8 Å². The van der Waals surface area contributed by atoms with Gasteiger partial charge in [-0.2, -0.15) is 0 Å². The summed E-state index contributed by atoms with van der Waals surface area (Å²) in [6.45, 7) is 5.98. The maximum absolute atomic E-state index is 12.1. The van der Waals surface area contributed by atoms with Crippen LogP contribution in [0, 0.1) is 0 Å². The van der Waals surface area contributed by atoms with Crippen LogP contribution in [-0.2, 0) is 20.4 Å². The first-order valence-corrected chi connectivity index (χ1v) is 7.93. The smallest absolute Gasteiger partial charge is 0.245 e. The molecule has 0 aromatic carbocycles. The fraction of sp³-hybridized carbons (Fsp3) is 0.833. The SMILES string of the molecule is CCC1C(=O)NC(C)C(=O)N1CCC(C)S(C)=O. The average Bonchev–Trinajstić information content (AvgIpc) is 2.31. The Bertz CT molecular complexity index is 359. The highest BCUT2D eigenvalue weighted by molar-refractivity contribution is 7.84. The van der Waals surface area contributed by atoms with Gasteiger partial charge in [0.15, 0.2) is 0 Å². The number of hydrogen-bond donors (Lipinski definition) is 1. The standard InChI is InChI=1S/C12H22N2O3S/c1-5-10-11(15)13-9(3)12(16)14(10)7-6-8(2)18(4)17/h8-10H,5-7H2,1-4H3,(H,13,15). The third-order valence-electron chi connectivity index (χ3n) is 3.42. The van der Waals surface area contributed by atoms with Gasteiger partial charge >= 0.3 is 0 Å².